The molecule has 2 N–H and O–H groups in total. The molecule has 3 aliphatic rings. The molecule has 0 atom stereocenters. The van der Waals surface area contributed by atoms with Crippen molar-refractivity contribution in [1.82, 2.24) is 20.2 Å². The Labute approximate surface area is 230 Å². The molecule has 3 fully saturated rings. The molecular formula is C26H33F2N5O4S2. The molecule has 0 aromatic carbocycles. The predicted molar refractivity (Wildman–Crippen MR) is 145 cm³/mol. The number of rotatable bonds is 6. The Hall–Kier alpha value is -2.67. The van der Waals surface area contributed by atoms with Crippen molar-refractivity contribution >= 4 is 38.8 Å². The minimum absolute atomic E-state index is 0.0130. The van der Waals surface area contributed by atoms with Gasteiger partial charge >= 0.3 is 0 Å². The molecule has 0 unspecified atom stereocenters. The third-order valence-electron chi connectivity index (χ3n) is 7.52. The first-order valence-corrected chi connectivity index (χ1v) is 15.9. The van der Waals surface area contributed by atoms with Crippen LogP contribution in [0.4, 0.5) is 14.6 Å². The highest BCUT2D eigenvalue weighted by molar-refractivity contribution is 7.91. The smallest absolute Gasteiger partial charge is 0.280 e. The fourth-order valence-electron chi connectivity index (χ4n) is 5.69. The minimum Gasteiger partial charge on any atom is -0.365 e. The van der Waals surface area contributed by atoms with E-state index in [2.05, 4.69) is 20.6 Å². The average molecular weight is 582 g/mol. The summed E-state index contributed by atoms with van der Waals surface area (Å²) < 4.78 is 52.2. The molecule has 2 aromatic rings. The van der Waals surface area contributed by atoms with Crippen molar-refractivity contribution < 1.29 is 26.8 Å². The number of thiazole rings is 1. The van der Waals surface area contributed by atoms with E-state index in [0.29, 0.717) is 0 Å². The Kier molecular flexibility index (Phi) is 7.42. The van der Waals surface area contributed by atoms with Crippen molar-refractivity contribution in [3.8, 4) is 10.4 Å². The fraction of sp³-hybridized carbons (Fsp3) is 0.615. The van der Waals surface area contributed by atoms with Crippen molar-refractivity contribution in [3.05, 3.63) is 28.5 Å². The van der Waals surface area contributed by atoms with E-state index in [1.807, 2.05) is 20.8 Å². The molecule has 9 nitrogen and oxygen atoms in total. The van der Waals surface area contributed by atoms with Gasteiger partial charge in [0, 0.05) is 41.0 Å². The van der Waals surface area contributed by atoms with Gasteiger partial charge < -0.3 is 15.5 Å². The van der Waals surface area contributed by atoms with Gasteiger partial charge in [0.15, 0.2) is 5.01 Å². The Morgan fingerprint density at radius 1 is 1.08 bits per heavy atom. The number of carbonyl (C=O) groups is 2. The number of nitrogens with one attached hydrogen (secondary N) is 2. The second-order valence-electron chi connectivity index (χ2n) is 11.6. The maximum Gasteiger partial charge on any atom is 0.280 e. The van der Waals surface area contributed by atoms with Crippen LogP contribution in [0.5, 0.6) is 0 Å². The zero-order valence-corrected chi connectivity index (χ0v) is 23.8. The number of amides is 2. The zero-order chi connectivity index (χ0) is 28.1. The molecule has 39 heavy (non-hydrogen) atoms. The van der Waals surface area contributed by atoms with Gasteiger partial charge in [-0.15, -0.1) is 11.3 Å². The van der Waals surface area contributed by atoms with Crippen LogP contribution in [0.3, 0.4) is 0 Å². The van der Waals surface area contributed by atoms with Crippen LogP contribution in [-0.2, 0) is 9.84 Å². The van der Waals surface area contributed by atoms with Gasteiger partial charge in [-0.05, 0) is 65.4 Å². The van der Waals surface area contributed by atoms with Crippen LogP contribution in [-0.4, -0.2) is 70.3 Å². The maximum atomic E-state index is 14.3. The minimum atomic E-state index is -3.11. The lowest BCUT2D eigenvalue weighted by atomic mass is 10.0. The lowest BCUT2D eigenvalue weighted by Crippen LogP contribution is -2.41. The summed E-state index contributed by atoms with van der Waals surface area (Å²) >= 11 is 0.887. The normalized spacial score (nSPS) is 22.9. The van der Waals surface area contributed by atoms with Crippen molar-refractivity contribution in [1.29, 1.82) is 0 Å². The molecular weight excluding hydrogens is 548 g/mol. The van der Waals surface area contributed by atoms with Gasteiger partial charge in [-0.2, -0.15) is 0 Å². The molecule has 0 aliphatic carbocycles. The first-order chi connectivity index (χ1) is 18.3. The topological polar surface area (TPSA) is 121 Å². The van der Waals surface area contributed by atoms with E-state index in [9.17, 15) is 26.8 Å². The van der Waals surface area contributed by atoms with Crippen molar-refractivity contribution in [2.45, 2.75) is 89.4 Å². The molecule has 2 amide bonds. The van der Waals surface area contributed by atoms with Crippen LogP contribution >= 0.6 is 11.3 Å². The van der Waals surface area contributed by atoms with Gasteiger partial charge in [0.2, 0.25) is 0 Å². The summed E-state index contributed by atoms with van der Waals surface area (Å²) in [6, 6.07) is 1.11. The van der Waals surface area contributed by atoms with Crippen molar-refractivity contribution in [2.24, 2.45) is 0 Å². The predicted octanol–water partition coefficient (Wildman–Crippen LogP) is 4.43. The van der Waals surface area contributed by atoms with Crippen LogP contribution in [0, 0.1) is 0 Å². The Morgan fingerprint density at radius 3 is 2.26 bits per heavy atom. The lowest BCUT2D eigenvalue weighted by Gasteiger charge is -2.23. The fourth-order valence-corrected chi connectivity index (χ4v) is 8.17. The summed E-state index contributed by atoms with van der Waals surface area (Å²) in [5.74, 6) is -0.651. The van der Waals surface area contributed by atoms with E-state index >= 15 is 0 Å². The maximum absolute atomic E-state index is 14.3. The Morgan fingerprint density at radius 2 is 1.69 bits per heavy atom. The largest absolute Gasteiger partial charge is 0.365 e. The number of alkyl halides is 2. The highest BCUT2D eigenvalue weighted by Crippen LogP contribution is 2.42. The second-order valence-corrected chi connectivity index (χ2v) is 14.9. The number of halogens is 2. The third kappa shape index (κ3) is 5.93. The zero-order valence-electron chi connectivity index (χ0n) is 22.2. The van der Waals surface area contributed by atoms with E-state index in [1.165, 1.54) is 12.3 Å². The van der Waals surface area contributed by atoms with E-state index in [1.54, 1.807) is 4.90 Å². The molecule has 3 aliphatic heterocycles. The molecule has 212 valence electrons. The number of pyridine rings is 1. The van der Waals surface area contributed by atoms with Crippen LogP contribution in [0.25, 0.3) is 10.4 Å². The van der Waals surface area contributed by atoms with E-state index < -0.39 is 27.7 Å². The third-order valence-corrected chi connectivity index (χ3v) is 10.3. The summed E-state index contributed by atoms with van der Waals surface area (Å²) in [7, 11) is -3.11. The quantitative estimate of drug-likeness (QED) is 0.518. The molecule has 0 saturated carbocycles. The monoisotopic (exact) mass is 581 g/mol. The van der Waals surface area contributed by atoms with Crippen LogP contribution in [0.2, 0.25) is 0 Å². The van der Waals surface area contributed by atoms with Crippen LogP contribution in [0.15, 0.2) is 12.3 Å². The van der Waals surface area contributed by atoms with Crippen molar-refractivity contribution in [3.63, 3.8) is 0 Å². The van der Waals surface area contributed by atoms with E-state index in [0.717, 1.165) is 37.0 Å². The van der Waals surface area contributed by atoms with Gasteiger partial charge in [-0.3, -0.25) is 9.59 Å². The summed E-state index contributed by atoms with van der Waals surface area (Å²) in [5.41, 5.74) is -0.656. The molecule has 5 rings (SSSR count). The number of anilines is 1. The van der Waals surface area contributed by atoms with E-state index in [-0.39, 0.29) is 80.9 Å². The highest BCUT2D eigenvalue weighted by Gasteiger charge is 2.44. The molecule has 2 aromatic heterocycles. The summed E-state index contributed by atoms with van der Waals surface area (Å²) in [4.78, 5) is 37.7. The number of hydrogen-bond acceptors (Lipinski definition) is 8. The number of hydrogen-bond donors (Lipinski definition) is 2. The van der Waals surface area contributed by atoms with Crippen LogP contribution in [0.1, 0.15) is 91.6 Å². The van der Waals surface area contributed by atoms with Gasteiger partial charge in [0.05, 0.1) is 16.4 Å². The van der Waals surface area contributed by atoms with E-state index in [4.69, 9.17) is 0 Å². The van der Waals surface area contributed by atoms with Gasteiger partial charge in [0.1, 0.15) is 21.3 Å². The molecule has 5 heterocycles. The molecule has 2 bridgehead atoms. The summed E-state index contributed by atoms with van der Waals surface area (Å²) in [5, 5.41) is 5.89. The number of carbonyl (C=O) groups excluding carboxylic acids is 2. The average Bonchev–Trinajstić information content (AvgIpc) is 3.58. The molecule has 0 radical (unpaired) electrons. The molecule has 3 saturated heterocycles. The first-order valence-electron chi connectivity index (χ1n) is 13.2. The standard InChI is InChI=1S/C26H33F2N5O4S2/c1-26(2,3)32-19-12-17(22(27)28)18(13-29-19)21-20(25(35)33-15-4-5-16(33)7-6-15)31-24(38-21)23(34)30-14-8-10-39(36,37)11-9-14/h12-16,22H,4-11H2,1-3H3,(H,29,32)(H,30,34)/t15-,16+. The molecule has 13 heteroatoms. The summed E-state index contributed by atoms with van der Waals surface area (Å²) in [6.07, 6.45) is 2.61. The number of sulfone groups is 1. The number of aromatic nitrogens is 2. The number of fused-ring (bicyclic) bond motifs is 2. The first kappa shape index (κ1) is 27.9. The highest BCUT2D eigenvalue weighted by atomic mass is 32.2. The Balaban J connectivity index is 1.52. The van der Waals surface area contributed by atoms with Gasteiger partial charge in [0.25, 0.3) is 18.2 Å². The van der Waals surface area contributed by atoms with Gasteiger partial charge in [-0.1, -0.05) is 0 Å². The SMILES string of the molecule is CC(C)(C)Nc1cc(C(F)F)c(-c2sc(C(=O)NC3CCS(=O)(=O)CC3)nc2C(=O)N2[C@H]3CC[C@@H]2CC3)cn1. The van der Waals surface area contributed by atoms with Crippen molar-refractivity contribution in [2.75, 3.05) is 16.8 Å². The second kappa shape index (κ2) is 10.4. The van der Waals surface area contributed by atoms with Gasteiger partial charge in [-0.25, -0.2) is 27.2 Å². The molecule has 0 spiro atoms. The summed E-state index contributed by atoms with van der Waals surface area (Å²) in [6.45, 7) is 5.67. The van der Waals surface area contributed by atoms with Crippen LogP contribution < -0.4 is 10.6 Å². The Bertz CT molecular complexity index is 1360. The lowest BCUT2D eigenvalue weighted by molar-refractivity contribution is 0.0725. The number of nitrogens with zero attached hydrogens (tertiary/aromatic N) is 3.